The average molecular weight is 479 g/mol. The molecule has 182 valence electrons. The van der Waals surface area contributed by atoms with Crippen LogP contribution in [0.4, 0.5) is 8.78 Å². The minimum absolute atomic E-state index is 0.0863. The van der Waals surface area contributed by atoms with E-state index in [-0.39, 0.29) is 23.3 Å². The van der Waals surface area contributed by atoms with Gasteiger partial charge in [-0.05, 0) is 47.5 Å². The van der Waals surface area contributed by atoms with Crippen LogP contribution in [0.15, 0.2) is 78.9 Å². The molecule has 0 saturated carbocycles. The maximum absolute atomic E-state index is 13.4. The first kappa shape index (κ1) is 24.6. The zero-order valence-corrected chi connectivity index (χ0v) is 19.3. The van der Waals surface area contributed by atoms with Crippen LogP contribution in [0.2, 0.25) is 0 Å². The van der Waals surface area contributed by atoms with Crippen LogP contribution in [0.5, 0.6) is 5.75 Å². The first-order chi connectivity index (χ1) is 17.0. The number of rotatable bonds is 8. The lowest BCUT2D eigenvalue weighted by Crippen LogP contribution is -2.49. The quantitative estimate of drug-likeness (QED) is 0.480. The second-order valence-corrected chi connectivity index (χ2v) is 8.41. The first-order valence-corrected chi connectivity index (χ1v) is 11.6. The lowest BCUT2D eigenvalue weighted by atomic mass is 10.0. The molecule has 1 amide bonds. The standard InChI is InChI=1S/C28H28F2N2O3/c29-24-10-5-22(6-11-24)28(23-7-12-25(30)13-8-23)35-20-19-31-15-17-32(18-16-31)27(34)14-9-21-3-1-2-4-26(21)33/h1-14,28,33H,15-20H2/b14-9+. The van der Waals surface area contributed by atoms with Crippen LogP contribution in [0, 0.1) is 11.6 Å². The number of hydrogen-bond acceptors (Lipinski definition) is 4. The lowest BCUT2D eigenvalue weighted by Gasteiger charge is -2.34. The Kier molecular flexibility index (Phi) is 8.23. The zero-order chi connectivity index (χ0) is 24.6. The highest BCUT2D eigenvalue weighted by Crippen LogP contribution is 2.26. The molecule has 1 saturated heterocycles. The number of nitrogens with zero attached hydrogens (tertiary/aromatic N) is 2. The van der Waals surface area contributed by atoms with E-state index in [1.807, 2.05) is 0 Å². The normalized spacial score (nSPS) is 14.7. The second kappa shape index (κ2) is 11.7. The van der Waals surface area contributed by atoms with Crippen LogP contribution in [-0.2, 0) is 9.53 Å². The Hall–Kier alpha value is -3.55. The van der Waals surface area contributed by atoms with Gasteiger partial charge in [0, 0.05) is 44.4 Å². The summed E-state index contributed by atoms with van der Waals surface area (Å²) in [6, 6.07) is 19.1. The van der Waals surface area contributed by atoms with Gasteiger partial charge in [0.15, 0.2) is 0 Å². The first-order valence-electron chi connectivity index (χ1n) is 11.6. The Bertz CT molecular complexity index is 1100. The van der Waals surface area contributed by atoms with Crippen LogP contribution >= 0.6 is 0 Å². The van der Waals surface area contributed by atoms with Crippen LogP contribution in [0.1, 0.15) is 22.8 Å². The molecule has 0 unspecified atom stereocenters. The number of amides is 1. The molecule has 0 aliphatic carbocycles. The molecule has 3 aromatic carbocycles. The van der Waals surface area contributed by atoms with Crippen molar-refractivity contribution in [1.82, 2.24) is 9.80 Å². The molecule has 0 aromatic heterocycles. The van der Waals surface area contributed by atoms with E-state index in [1.165, 1.54) is 30.3 Å². The maximum Gasteiger partial charge on any atom is 0.246 e. The molecule has 35 heavy (non-hydrogen) atoms. The summed E-state index contributed by atoms with van der Waals surface area (Å²) in [5.41, 5.74) is 2.20. The van der Waals surface area contributed by atoms with Gasteiger partial charge in [0.2, 0.25) is 5.91 Å². The number of phenolic OH excluding ortho intramolecular Hbond substituents is 1. The van der Waals surface area contributed by atoms with E-state index in [2.05, 4.69) is 4.90 Å². The van der Waals surface area contributed by atoms with Crippen LogP contribution in [-0.4, -0.2) is 60.1 Å². The SMILES string of the molecule is O=C(/C=C/c1ccccc1O)N1CCN(CCOC(c2ccc(F)cc2)c2ccc(F)cc2)CC1. The molecule has 1 aliphatic rings. The molecule has 1 heterocycles. The summed E-state index contributed by atoms with van der Waals surface area (Å²) in [6.45, 7) is 3.75. The Morgan fingerprint density at radius 2 is 1.46 bits per heavy atom. The predicted molar refractivity (Wildman–Crippen MR) is 131 cm³/mol. The fraction of sp³-hybridized carbons (Fsp3) is 0.250. The molecule has 7 heteroatoms. The van der Waals surface area contributed by atoms with Gasteiger partial charge in [0.05, 0.1) is 6.61 Å². The molecule has 3 aromatic rings. The molecule has 5 nitrogen and oxygen atoms in total. The highest BCUT2D eigenvalue weighted by atomic mass is 19.1. The molecule has 0 spiro atoms. The van der Waals surface area contributed by atoms with E-state index in [9.17, 15) is 18.7 Å². The molecule has 1 fully saturated rings. The van der Waals surface area contributed by atoms with Gasteiger partial charge in [-0.2, -0.15) is 0 Å². The second-order valence-electron chi connectivity index (χ2n) is 8.41. The number of halogens is 2. The lowest BCUT2D eigenvalue weighted by molar-refractivity contribution is -0.127. The monoisotopic (exact) mass is 478 g/mol. The van der Waals surface area contributed by atoms with E-state index in [1.54, 1.807) is 59.5 Å². The van der Waals surface area contributed by atoms with Gasteiger partial charge in [0.25, 0.3) is 0 Å². The summed E-state index contributed by atoms with van der Waals surface area (Å²) in [4.78, 5) is 16.5. The van der Waals surface area contributed by atoms with E-state index in [4.69, 9.17) is 4.74 Å². The maximum atomic E-state index is 13.4. The van der Waals surface area contributed by atoms with Gasteiger partial charge in [-0.3, -0.25) is 9.69 Å². The van der Waals surface area contributed by atoms with Gasteiger partial charge in [-0.1, -0.05) is 42.5 Å². The Morgan fingerprint density at radius 1 is 0.886 bits per heavy atom. The number of carbonyl (C=O) groups excluding carboxylic acids is 1. The van der Waals surface area contributed by atoms with Crippen molar-refractivity contribution in [3.05, 3.63) is 107 Å². The van der Waals surface area contributed by atoms with Crippen molar-refractivity contribution in [3.8, 4) is 5.75 Å². The Labute approximate surface area is 203 Å². The summed E-state index contributed by atoms with van der Waals surface area (Å²) in [5, 5.41) is 9.83. The number of ether oxygens (including phenoxy) is 1. The molecule has 1 aliphatic heterocycles. The van der Waals surface area contributed by atoms with Crippen molar-refractivity contribution < 1.29 is 23.4 Å². The highest BCUT2D eigenvalue weighted by molar-refractivity contribution is 5.92. The molecular formula is C28H28F2N2O3. The van der Waals surface area contributed by atoms with Gasteiger partial charge in [-0.15, -0.1) is 0 Å². The third-order valence-corrected chi connectivity index (χ3v) is 6.06. The largest absolute Gasteiger partial charge is 0.507 e. The minimum Gasteiger partial charge on any atom is -0.507 e. The van der Waals surface area contributed by atoms with E-state index >= 15 is 0 Å². The summed E-state index contributed by atoms with van der Waals surface area (Å²) in [5.74, 6) is -0.596. The topological polar surface area (TPSA) is 53.0 Å². The minimum atomic E-state index is -0.432. The van der Waals surface area contributed by atoms with Crippen LogP contribution in [0.3, 0.4) is 0 Å². The fourth-order valence-corrected chi connectivity index (χ4v) is 4.05. The summed E-state index contributed by atoms with van der Waals surface area (Å²) < 4.78 is 33.0. The van der Waals surface area contributed by atoms with Gasteiger partial charge >= 0.3 is 0 Å². The third-order valence-electron chi connectivity index (χ3n) is 6.06. The average Bonchev–Trinajstić information content (AvgIpc) is 2.88. The predicted octanol–water partition coefficient (Wildman–Crippen LogP) is 4.63. The van der Waals surface area contributed by atoms with Crippen molar-refractivity contribution in [3.63, 3.8) is 0 Å². The highest BCUT2D eigenvalue weighted by Gasteiger charge is 2.21. The number of hydrogen-bond donors (Lipinski definition) is 1. The van der Waals surface area contributed by atoms with Crippen LogP contribution < -0.4 is 0 Å². The number of para-hydroxylation sites is 1. The van der Waals surface area contributed by atoms with Gasteiger partial charge in [0.1, 0.15) is 23.5 Å². The van der Waals surface area contributed by atoms with Gasteiger partial charge < -0.3 is 14.7 Å². The van der Waals surface area contributed by atoms with Crippen molar-refractivity contribution >= 4 is 12.0 Å². The number of aromatic hydroxyl groups is 1. The smallest absolute Gasteiger partial charge is 0.246 e. The van der Waals surface area contributed by atoms with E-state index < -0.39 is 6.10 Å². The summed E-state index contributed by atoms with van der Waals surface area (Å²) >= 11 is 0. The van der Waals surface area contributed by atoms with E-state index in [0.717, 1.165) is 24.2 Å². The third kappa shape index (κ3) is 6.74. The molecule has 4 rings (SSSR count). The van der Waals surface area contributed by atoms with Crippen molar-refractivity contribution in [1.29, 1.82) is 0 Å². The fourth-order valence-electron chi connectivity index (χ4n) is 4.05. The number of benzene rings is 3. The Morgan fingerprint density at radius 3 is 2.03 bits per heavy atom. The zero-order valence-electron chi connectivity index (χ0n) is 19.3. The van der Waals surface area contributed by atoms with Gasteiger partial charge in [-0.25, -0.2) is 8.78 Å². The van der Waals surface area contributed by atoms with E-state index in [0.29, 0.717) is 31.8 Å². The number of phenols is 1. The molecular weight excluding hydrogens is 450 g/mol. The molecule has 1 N–H and O–H groups in total. The van der Waals surface area contributed by atoms with Crippen LogP contribution in [0.25, 0.3) is 6.08 Å². The summed E-state index contributed by atoms with van der Waals surface area (Å²) in [6.07, 6.45) is 2.69. The Balaban J connectivity index is 1.28. The summed E-state index contributed by atoms with van der Waals surface area (Å²) in [7, 11) is 0. The number of piperazine rings is 1. The number of carbonyl (C=O) groups is 1. The molecule has 0 bridgehead atoms. The van der Waals surface area contributed by atoms with Crippen molar-refractivity contribution in [2.24, 2.45) is 0 Å². The van der Waals surface area contributed by atoms with Crippen molar-refractivity contribution in [2.45, 2.75) is 6.10 Å². The van der Waals surface area contributed by atoms with Crippen molar-refractivity contribution in [2.75, 3.05) is 39.3 Å². The molecule has 0 radical (unpaired) electrons. The molecule has 0 atom stereocenters.